The van der Waals surface area contributed by atoms with Crippen molar-refractivity contribution in [1.82, 2.24) is 0 Å². The molecule has 0 heterocycles. The number of nitrogens with one attached hydrogen (secondary N) is 4. The molecule has 0 aliphatic rings. The van der Waals surface area contributed by atoms with Crippen molar-refractivity contribution in [2.45, 2.75) is 49.4 Å². The number of thioether (sulfide) groups is 1. The van der Waals surface area contributed by atoms with Gasteiger partial charge in [-0.3, -0.25) is 9.79 Å². The Labute approximate surface area is 312 Å². The summed E-state index contributed by atoms with van der Waals surface area (Å²) >= 11 is 1.04. The number of hydrogen-bond acceptors (Lipinski definition) is 9. The summed E-state index contributed by atoms with van der Waals surface area (Å²) in [5.41, 5.74) is 25.4. The fourth-order valence-corrected chi connectivity index (χ4v) is 5.80. The summed E-state index contributed by atoms with van der Waals surface area (Å²) in [6.45, 7) is 0.929. The first-order valence-electron chi connectivity index (χ1n) is 16.7. The van der Waals surface area contributed by atoms with Gasteiger partial charge in [-0.15, -0.1) is 11.8 Å². The number of carbonyl (C=O) groups excluding carboxylic acids is 2. The Hall–Kier alpha value is -4.92. The van der Waals surface area contributed by atoms with Gasteiger partial charge in [-0.2, -0.15) is 26.3 Å². The predicted octanol–water partition coefficient (Wildman–Crippen LogP) is 5.86. The first kappa shape index (κ1) is 43.5. The number of unbranched alkanes of at least 4 members (excludes halogenated alkanes) is 1. The lowest BCUT2D eigenvalue weighted by atomic mass is 10.1. The largest absolute Gasteiger partial charge is 0.457 e. The molecule has 13 nitrogen and oxygen atoms in total. The standard InChI is InChI=1S/C34H44F6N10O3S/c35-33(36,37)21-17-26(49-29(51)5-1-2-13-47-31(44)45)30(54-15-12-43)27(18-21)50-32(52)48-22-6-9-28(20(16-22)4-3-10-41)53-23-7-8-25(46-14-11-42)24(19-23)34(38,39)40/h6-9,16-19,46H,1-5,10-15,41-43H2,(H,49,51)(H4,44,45,47)(H2,48,50,52). The van der Waals surface area contributed by atoms with Gasteiger partial charge in [-0.05, 0) is 86.3 Å². The number of urea groups is 1. The van der Waals surface area contributed by atoms with Crippen molar-refractivity contribution in [2.75, 3.05) is 59.7 Å². The van der Waals surface area contributed by atoms with Crippen molar-refractivity contribution in [2.24, 2.45) is 33.7 Å². The van der Waals surface area contributed by atoms with E-state index >= 15 is 0 Å². The van der Waals surface area contributed by atoms with Gasteiger partial charge in [-0.25, -0.2) is 4.79 Å². The quantitative estimate of drug-likeness (QED) is 0.0231. The van der Waals surface area contributed by atoms with Crippen LogP contribution >= 0.6 is 11.8 Å². The van der Waals surface area contributed by atoms with Crippen LogP contribution in [0.25, 0.3) is 0 Å². The molecule has 0 aliphatic carbocycles. The van der Waals surface area contributed by atoms with E-state index in [-0.39, 0.29) is 90.0 Å². The van der Waals surface area contributed by atoms with Crippen molar-refractivity contribution in [3.05, 3.63) is 65.2 Å². The van der Waals surface area contributed by atoms with Crippen LogP contribution in [0.4, 0.5) is 53.9 Å². The topological polar surface area (TPSA) is 234 Å². The molecule has 0 aromatic heterocycles. The molecule has 3 aromatic carbocycles. The summed E-state index contributed by atoms with van der Waals surface area (Å²) in [5.74, 6) is -0.335. The maximum atomic E-state index is 14.0. The number of aryl methyl sites for hydroxylation is 1. The second-order valence-electron chi connectivity index (χ2n) is 11.7. The third kappa shape index (κ3) is 13.8. The molecule has 0 aliphatic heterocycles. The number of anilines is 4. The van der Waals surface area contributed by atoms with E-state index in [4.69, 9.17) is 33.4 Å². The molecule has 0 bridgehead atoms. The fraction of sp³-hybridized carbons (Fsp3) is 0.382. The van der Waals surface area contributed by atoms with Crippen molar-refractivity contribution < 1.29 is 40.7 Å². The molecule has 14 N–H and O–H groups in total. The van der Waals surface area contributed by atoms with Crippen LogP contribution < -0.4 is 54.7 Å². The van der Waals surface area contributed by atoms with E-state index in [1.54, 1.807) is 0 Å². The van der Waals surface area contributed by atoms with Crippen LogP contribution in [0.1, 0.15) is 42.4 Å². The van der Waals surface area contributed by atoms with Gasteiger partial charge < -0.3 is 54.7 Å². The zero-order valence-corrected chi connectivity index (χ0v) is 29.9. The lowest BCUT2D eigenvalue weighted by Crippen LogP contribution is -2.23. The summed E-state index contributed by atoms with van der Waals surface area (Å²) in [7, 11) is 0. The second kappa shape index (κ2) is 20.5. The third-order valence-corrected chi connectivity index (χ3v) is 8.53. The van der Waals surface area contributed by atoms with Gasteiger partial charge in [0.25, 0.3) is 0 Å². The first-order valence-corrected chi connectivity index (χ1v) is 17.7. The SMILES string of the molecule is NCCCc1cc(NC(=O)Nc2cc(C(F)(F)F)cc(NC(=O)CCCCN=C(N)N)c2SCCN)ccc1Oc1ccc(NCCN)c(C(F)(F)F)c1. The number of alkyl halides is 6. The highest BCUT2D eigenvalue weighted by atomic mass is 32.2. The van der Waals surface area contributed by atoms with Crippen molar-refractivity contribution in [3.63, 3.8) is 0 Å². The Morgan fingerprint density at radius 3 is 2.13 bits per heavy atom. The highest BCUT2D eigenvalue weighted by molar-refractivity contribution is 7.99. The zero-order valence-electron chi connectivity index (χ0n) is 29.1. The molecule has 3 rings (SSSR count). The van der Waals surface area contributed by atoms with E-state index in [0.717, 1.165) is 30.0 Å². The Morgan fingerprint density at radius 1 is 0.778 bits per heavy atom. The maximum Gasteiger partial charge on any atom is 0.418 e. The molecule has 3 amide bonds. The Balaban J connectivity index is 1.89. The first-order chi connectivity index (χ1) is 25.5. The smallest absolute Gasteiger partial charge is 0.418 e. The molecular weight excluding hydrogens is 742 g/mol. The van der Waals surface area contributed by atoms with Crippen LogP contribution in [-0.4, -0.2) is 56.4 Å². The molecule has 0 unspecified atom stereocenters. The van der Waals surface area contributed by atoms with E-state index in [2.05, 4.69) is 26.3 Å². The summed E-state index contributed by atoms with van der Waals surface area (Å²) in [6, 6.07) is 8.42. The molecule has 296 valence electrons. The highest BCUT2D eigenvalue weighted by Crippen LogP contribution is 2.42. The van der Waals surface area contributed by atoms with Crippen LogP contribution in [-0.2, 0) is 23.6 Å². The Morgan fingerprint density at radius 2 is 1.50 bits per heavy atom. The molecule has 54 heavy (non-hydrogen) atoms. The maximum absolute atomic E-state index is 14.0. The van der Waals surface area contributed by atoms with E-state index in [0.29, 0.717) is 31.2 Å². The van der Waals surface area contributed by atoms with Crippen LogP contribution in [0.3, 0.4) is 0 Å². The number of amides is 3. The number of ether oxygens (including phenoxy) is 1. The van der Waals surface area contributed by atoms with Crippen LogP contribution in [0.2, 0.25) is 0 Å². The number of benzene rings is 3. The van der Waals surface area contributed by atoms with Gasteiger partial charge in [0, 0.05) is 49.7 Å². The number of halogens is 6. The third-order valence-electron chi connectivity index (χ3n) is 7.36. The zero-order chi connectivity index (χ0) is 39.9. The van der Waals surface area contributed by atoms with Gasteiger partial charge in [0.1, 0.15) is 11.5 Å². The Bertz CT molecular complexity index is 1750. The number of carbonyl (C=O) groups is 2. The minimum absolute atomic E-state index is 0.0342. The number of aliphatic imine (C=N–C) groups is 1. The minimum atomic E-state index is -4.83. The molecule has 0 saturated carbocycles. The van der Waals surface area contributed by atoms with Crippen LogP contribution in [0.15, 0.2) is 58.4 Å². The van der Waals surface area contributed by atoms with Gasteiger partial charge in [-0.1, -0.05) is 0 Å². The van der Waals surface area contributed by atoms with Crippen LogP contribution in [0.5, 0.6) is 11.5 Å². The molecule has 0 fully saturated rings. The summed E-state index contributed by atoms with van der Waals surface area (Å²) < 4.78 is 89.4. The van der Waals surface area contributed by atoms with Crippen molar-refractivity contribution in [3.8, 4) is 11.5 Å². The predicted molar refractivity (Wildman–Crippen MR) is 200 cm³/mol. The molecule has 0 spiro atoms. The summed E-state index contributed by atoms with van der Waals surface area (Å²) in [4.78, 5) is 30.0. The fourth-order valence-electron chi connectivity index (χ4n) is 4.95. The van der Waals surface area contributed by atoms with Gasteiger partial charge in [0.05, 0.1) is 27.4 Å². The molecule has 0 saturated heterocycles. The monoisotopic (exact) mass is 786 g/mol. The van der Waals surface area contributed by atoms with Gasteiger partial charge >= 0.3 is 18.4 Å². The van der Waals surface area contributed by atoms with Crippen molar-refractivity contribution >= 4 is 52.4 Å². The lowest BCUT2D eigenvalue weighted by molar-refractivity contribution is -0.138. The van der Waals surface area contributed by atoms with Crippen molar-refractivity contribution in [1.29, 1.82) is 0 Å². The average Bonchev–Trinajstić information content (AvgIpc) is 3.09. The average molecular weight is 787 g/mol. The molecular formula is C34H44F6N10O3S. The van der Waals surface area contributed by atoms with Gasteiger partial charge in [0.15, 0.2) is 5.96 Å². The number of hydrogen-bond donors (Lipinski definition) is 9. The van der Waals surface area contributed by atoms with E-state index in [9.17, 15) is 35.9 Å². The molecule has 3 aromatic rings. The minimum Gasteiger partial charge on any atom is -0.457 e. The summed E-state index contributed by atoms with van der Waals surface area (Å²) in [6.07, 6.45) is -7.98. The Kier molecular flexibility index (Phi) is 16.5. The molecule has 0 atom stereocenters. The molecule has 0 radical (unpaired) electrons. The number of nitrogens with zero attached hydrogens (tertiary/aromatic N) is 1. The highest BCUT2D eigenvalue weighted by Gasteiger charge is 2.35. The second-order valence-corrected chi connectivity index (χ2v) is 12.8. The number of rotatable bonds is 19. The lowest BCUT2D eigenvalue weighted by Gasteiger charge is -2.20. The van der Waals surface area contributed by atoms with E-state index in [1.165, 1.54) is 30.3 Å². The van der Waals surface area contributed by atoms with E-state index < -0.39 is 35.4 Å². The number of guanidine groups is 1. The molecule has 20 heteroatoms. The summed E-state index contributed by atoms with van der Waals surface area (Å²) in [5, 5.41) is 10.2. The van der Waals surface area contributed by atoms with E-state index in [1.807, 2.05) is 0 Å². The number of nitrogens with two attached hydrogens (primary N) is 5. The van der Waals surface area contributed by atoms with Gasteiger partial charge in [0.2, 0.25) is 5.91 Å². The van der Waals surface area contributed by atoms with Crippen LogP contribution in [0, 0.1) is 0 Å². The normalized spacial score (nSPS) is 11.5.